The van der Waals surface area contributed by atoms with Crippen LogP contribution in [0.2, 0.25) is 0 Å². The van der Waals surface area contributed by atoms with Crippen LogP contribution in [0.3, 0.4) is 0 Å². The summed E-state index contributed by atoms with van der Waals surface area (Å²) in [6.45, 7) is 0. The van der Waals surface area contributed by atoms with Gasteiger partial charge in [-0.1, -0.05) is 0 Å². The van der Waals surface area contributed by atoms with E-state index in [1.165, 1.54) is 4.90 Å². The van der Waals surface area contributed by atoms with Crippen LogP contribution in [0, 0.1) is 10.8 Å². The van der Waals surface area contributed by atoms with Crippen LogP contribution in [-0.2, 0) is 4.79 Å². The largest absolute Gasteiger partial charge is 0.391 e. The minimum atomic E-state index is -0.383. The predicted octanol–water partition coefficient (Wildman–Crippen LogP) is 0.714. The van der Waals surface area contributed by atoms with Gasteiger partial charge in [0.2, 0.25) is 0 Å². The summed E-state index contributed by atoms with van der Waals surface area (Å²) in [5, 5.41) is 9.52. The minimum Gasteiger partial charge on any atom is -0.391 e. The first kappa shape index (κ1) is 10.6. The third-order valence-corrected chi connectivity index (χ3v) is 2.61. The lowest BCUT2D eigenvalue weighted by molar-refractivity contribution is -0.127. The molecular formula is C9H12BrNO2. The Balaban J connectivity index is 2.59. The normalized spacial score (nSPS) is 26.4. The summed E-state index contributed by atoms with van der Waals surface area (Å²) < 4.78 is 0. The third-order valence-electron chi connectivity index (χ3n) is 2.42. The number of halogens is 1. The molecule has 0 aliphatic heterocycles. The summed E-state index contributed by atoms with van der Waals surface area (Å²) in [5.41, 5.74) is 0. The molecule has 4 heteroatoms. The maximum absolute atomic E-state index is 11.3. The topological polar surface area (TPSA) is 40.5 Å². The van der Waals surface area contributed by atoms with Crippen LogP contribution in [0.4, 0.5) is 0 Å². The number of carbonyl (C=O) groups is 1. The van der Waals surface area contributed by atoms with E-state index in [0.29, 0.717) is 0 Å². The second-order valence-corrected chi connectivity index (χ2v) is 3.60. The van der Waals surface area contributed by atoms with Gasteiger partial charge in [-0.25, -0.2) is 0 Å². The highest BCUT2D eigenvalue weighted by molar-refractivity contribution is 9.12. The van der Waals surface area contributed by atoms with E-state index in [9.17, 15) is 9.90 Å². The fourth-order valence-electron chi connectivity index (χ4n) is 1.65. The lowest BCUT2D eigenvalue weighted by atomic mass is 10.2. The van der Waals surface area contributed by atoms with Gasteiger partial charge in [-0.3, -0.25) is 4.79 Å². The lowest BCUT2D eigenvalue weighted by Gasteiger charge is -2.24. The number of amides is 1. The van der Waals surface area contributed by atoms with Gasteiger partial charge in [0.15, 0.2) is 0 Å². The molecule has 1 fully saturated rings. The maximum atomic E-state index is 11.3. The van der Waals surface area contributed by atoms with Gasteiger partial charge < -0.3 is 10.0 Å². The van der Waals surface area contributed by atoms with E-state index < -0.39 is 0 Å². The molecular weight excluding hydrogens is 234 g/mol. The molecule has 72 valence electrons. The van der Waals surface area contributed by atoms with Crippen molar-refractivity contribution in [2.45, 2.75) is 31.4 Å². The van der Waals surface area contributed by atoms with Gasteiger partial charge in [0.1, 0.15) is 0 Å². The van der Waals surface area contributed by atoms with Gasteiger partial charge in [-0.2, -0.15) is 0 Å². The molecule has 1 N–H and O–H groups in total. The Kier molecular flexibility index (Phi) is 3.76. The molecule has 0 unspecified atom stereocenters. The zero-order chi connectivity index (χ0) is 9.84. The van der Waals surface area contributed by atoms with Crippen molar-refractivity contribution < 1.29 is 9.90 Å². The van der Waals surface area contributed by atoms with Crippen molar-refractivity contribution in [2.24, 2.45) is 0 Å². The molecule has 0 aromatic heterocycles. The Morgan fingerprint density at radius 3 is 2.77 bits per heavy atom. The molecule has 1 aliphatic rings. The smallest absolute Gasteiger partial charge is 0.299 e. The van der Waals surface area contributed by atoms with Gasteiger partial charge in [-0.15, -0.1) is 0 Å². The summed E-state index contributed by atoms with van der Waals surface area (Å²) in [4.78, 5) is 15.2. The van der Waals surface area contributed by atoms with E-state index in [2.05, 4.69) is 26.7 Å². The van der Waals surface area contributed by atoms with Gasteiger partial charge >= 0.3 is 0 Å². The number of nitrogens with zero attached hydrogens (tertiary/aromatic N) is 1. The molecule has 0 radical (unpaired) electrons. The SMILES string of the molecule is CN(C(=O)C#CBr)[C@@H]1CCC[C@H]1O. The second-order valence-electron chi connectivity index (χ2n) is 3.20. The second kappa shape index (κ2) is 4.64. The lowest BCUT2D eigenvalue weighted by Crippen LogP contribution is -2.40. The molecule has 1 saturated carbocycles. The van der Waals surface area contributed by atoms with E-state index in [4.69, 9.17) is 0 Å². The van der Waals surface area contributed by atoms with Crippen LogP contribution < -0.4 is 0 Å². The molecule has 1 amide bonds. The Bertz CT molecular complexity index is 256. The van der Waals surface area contributed by atoms with Crippen molar-refractivity contribution in [1.82, 2.24) is 4.90 Å². The van der Waals surface area contributed by atoms with Crippen LogP contribution >= 0.6 is 15.9 Å². The predicted molar refractivity (Wildman–Crippen MR) is 53.1 cm³/mol. The molecule has 0 spiro atoms. The quantitative estimate of drug-likeness (QED) is 0.692. The first-order valence-corrected chi connectivity index (χ1v) is 5.02. The monoisotopic (exact) mass is 245 g/mol. The third kappa shape index (κ3) is 2.45. The average Bonchev–Trinajstić information content (AvgIpc) is 2.50. The standard InChI is InChI=1S/C9H12BrNO2/c1-11(9(13)5-6-10)7-3-2-4-8(7)12/h7-8,12H,2-4H2,1H3/t7-,8-/m1/s1. The molecule has 2 atom stereocenters. The van der Waals surface area contributed by atoms with E-state index in [1.54, 1.807) is 7.05 Å². The summed E-state index contributed by atoms with van der Waals surface area (Å²) in [7, 11) is 1.68. The number of hydrogen-bond acceptors (Lipinski definition) is 2. The van der Waals surface area contributed by atoms with Crippen LogP contribution in [0.1, 0.15) is 19.3 Å². The van der Waals surface area contributed by atoms with Crippen molar-refractivity contribution in [2.75, 3.05) is 7.05 Å². The van der Waals surface area contributed by atoms with E-state index in [1.807, 2.05) is 0 Å². The van der Waals surface area contributed by atoms with Crippen LogP contribution in [0.25, 0.3) is 0 Å². The Morgan fingerprint density at radius 1 is 1.62 bits per heavy atom. The van der Waals surface area contributed by atoms with Crippen LogP contribution in [0.15, 0.2) is 0 Å². The van der Waals surface area contributed by atoms with E-state index in [0.717, 1.165) is 19.3 Å². The summed E-state index contributed by atoms with van der Waals surface area (Å²) in [6, 6.07) is -0.0548. The van der Waals surface area contributed by atoms with Gasteiger partial charge in [-0.05, 0) is 24.1 Å². The first-order valence-electron chi connectivity index (χ1n) is 4.23. The Labute approximate surface area is 86.2 Å². The molecule has 1 rings (SSSR count). The highest BCUT2D eigenvalue weighted by atomic mass is 79.9. The molecule has 0 aromatic rings. The van der Waals surface area contributed by atoms with Crippen molar-refractivity contribution in [3.63, 3.8) is 0 Å². The van der Waals surface area contributed by atoms with E-state index >= 15 is 0 Å². The molecule has 3 nitrogen and oxygen atoms in total. The average molecular weight is 246 g/mol. The van der Waals surface area contributed by atoms with Crippen molar-refractivity contribution >= 4 is 21.8 Å². The number of carbonyl (C=O) groups excluding carboxylic acids is 1. The molecule has 0 bridgehead atoms. The van der Waals surface area contributed by atoms with Crippen molar-refractivity contribution in [1.29, 1.82) is 0 Å². The number of likely N-dealkylation sites (N-methyl/N-ethyl adjacent to an activating group) is 1. The summed E-state index contributed by atoms with van der Waals surface area (Å²) >= 11 is 2.87. The van der Waals surface area contributed by atoms with Crippen LogP contribution in [0.5, 0.6) is 0 Å². The van der Waals surface area contributed by atoms with E-state index in [-0.39, 0.29) is 18.1 Å². The zero-order valence-electron chi connectivity index (χ0n) is 7.46. The molecule has 0 saturated heterocycles. The fraction of sp³-hybridized carbons (Fsp3) is 0.667. The zero-order valence-corrected chi connectivity index (χ0v) is 9.04. The van der Waals surface area contributed by atoms with Gasteiger partial charge in [0.05, 0.1) is 12.1 Å². The number of aliphatic hydroxyl groups is 1. The van der Waals surface area contributed by atoms with Gasteiger partial charge in [0.25, 0.3) is 5.91 Å². The first-order chi connectivity index (χ1) is 6.16. The van der Waals surface area contributed by atoms with Gasteiger partial charge in [0, 0.05) is 28.9 Å². The number of aliphatic hydroxyl groups excluding tert-OH is 1. The number of hydrogen-bond donors (Lipinski definition) is 1. The minimum absolute atomic E-state index is 0.0548. The maximum Gasteiger partial charge on any atom is 0.299 e. The number of rotatable bonds is 1. The Hall–Kier alpha value is -0.530. The van der Waals surface area contributed by atoms with Crippen molar-refractivity contribution in [3.05, 3.63) is 0 Å². The summed E-state index contributed by atoms with van der Waals surface area (Å²) in [6.07, 6.45) is 2.24. The molecule has 1 aliphatic carbocycles. The molecule has 13 heavy (non-hydrogen) atoms. The molecule has 0 aromatic carbocycles. The molecule has 0 heterocycles. The highest BCUT2D eigenvalue weighted by Gasteiger charge is 2.30. The van der Waals surface area contributed by atoms with Crippen LogP contribution in [-0.4, -0.2) is 35.1 Å². The Morgan fingerprint density at radius 2 is 2.31 bits per heavy atom. The van der Waals surface area contributed by atoms with Crippen molar-refractivity contribution in [3.8, 4) is 10.8 Å². The highest BCUT2D eigenvalue weighted by Crippen LogP contribution is 2.22. The summed E-state index contributed by atoms with van der Waals surface area (Å²) in [5.74, 6) is 2.14. The fourth-order valence-corrected chi connectivity index (χ4v) is 1.82.